The molecule has 1 amide bonds. The number of benzene rings is 1. The normalized spacial score (nSPS) is 15.9. The molecule has 1 aromatic rings. The van der Waals surface area contributed by atoms with Crippen molar-refractivity contribution in [3.8, 4) is 5.75 Å². The van der Waals surface area contributed by atoms with Gasteiger partial charge in [0, 0.05) is 18.7 Å². The highest BCUT2D eigenvalue weighted by molar-refractivity contribution is 5.68. The molecule has 1 aromatic carbocycles. The summed E-state index contributed by atoms with van der Waals surface area (Å²) in [5.74, 6) is 1.35. The maximum absolute atomic E-state index is 12.1. The first-order valence-corrected chi connectivity index (χ1v) is 8.62. The van der Waals surface area contributed by atoms with E-state index in [1.165, 1.54) is 0 Å². The van der Waals surface area contributed by atoms with Gasteiger partial charge in [-0.2, -0.15) is 0 Å². The molecular weight excluding hydrogens is 302 g/mol. The second-order valence-electron chi connectivity index (χ2n) is 7.50. The lowest BCUT2D eigenvalue weighted by molar-refractivity contribution is 0.0165. The molecule has 1 aliphatic rings. The minimum Gasteiger partial charge on any atom is -0.493 e. The van der Waals surface area contributed by atoms with Crippen molar-refractivity contribution < 1.29 is 14.3 Å². The predicted octanol–water partition coefficient (Wildman–Crippen LogP) is 4.75. The van der Waals surface area contributed by atoms with Gasteiger partial charge < -0.3 is 14.4 Å². The Morgan fingerprint density at radius 1 is 1.25 bits per heavy atom. The summed E-state index contributed by atoms with van der Waals surface area (Å²) in [7, 11) is 0. The molecule has 1 aliphatic heterocycles. The van der Waals surface area contributed by atoms with Crippen molar-refractivity contribution in [2.75, 3.05) is 19.7 Å². The summed E-state index contributed by atoms with van der Waals surface area (Å²) >= 11 is 0. The van der Waals surface area contributed by atoms with E-state index in [1.807, 2.05) is 52.0 Å². The van der Waals surface area contributed by atoms with Crippen molar-refractivity contribution in [2.45, 2.75) is 46.1 Å². The Bertz CT molecular complexity index is 581. The third kappa shape index (κ3) is 5.29. The number of rotatable bonds is 4. The van der Waals surface area contributed by atoms with Crippen molar-refractivity contribution in [2.24, 2.45) is 5.92 Å². The summed E-state index contributed by atoms with van der Waals surface area (Å²) in [6, 6.07) is 7.99. The molecule has 0 bridgehead atoms. The average Bonchev–Trinajstić information content (AvgIpc) is 2.52. The highest BCUT2D eigenvalue weighted by Crippen LogP contribution is 2.26. The number of amides is 1. The number of piperidine rings is 1. The first-order chi connectivity index (χ1) is 11.3. The smallest absolute Gasteiger partial charge is 0.410 e. The highest BCUT2D eigenvalue weighted by Gasteiger charge is 2.27. The summed E-state index contributed by atoms with van der Waals surface area (Å²) in [4.78, 5) is 13.9. The molecule has 24 heavy (non-hydrogen) atoms. The molecule has 0 unspecified atom stereocenters. The fourth-order valence-electron chi connectivity index (χ4n) is 2.76. The number of carbonyl (C=O) groups is 1. The lowest BCUT2D eigenvalue weighted by Crippen LogP contribution is -2.42. The van der Waals surface area contributed by atoms with E-state index in [0.29, 0.717) is 12.5 Å². The van der Waals surface area contributed by atoms with Gasteiger partial charge in [0.25, 0.3) is 0 Å². The molecule has 1 fully saturated rings. The van der Waals surface area contributed by atoms with Crippen molar-refractivity contribution in [3.05, 3.63) is 36.4 Å². The van der Waals surface area contributed by atoms with Gasteiger partial charge in [0.2, 0.25) is 0 Å². The van der Waals surface area contributed by atoms with Gasteiger partial charge in [-0.3, -0.25) is 0 Å². The molecule has 2 rings (SSSR count). The minimum atomic E-state index is -0.441. The Morgan fingerprint density at radius 3 is 2.46 bits per heavy atom. The van der Waals surface area contributed by atoms with Crippen LogP contribution in [-0.4, -0.2) is 36.3 Å². The molecule has 1 heterocycles. The Morgan fingerprint density at radius 2 is 1.88 bits per heavy atom. The van der Waals surface area contributed by atoms with Crippen LogP contribution in [0.15, 0.2) is 30.8 Å². The Kier molecular flexibility index (Phi) is 5.92. The van der Waals surface area contributed by atoms with Crippen LogP contribution in [0.5, 0.6) is 5.75 Å². The van der Waals surface area contributed by atoms with Crippen LogP contribution >= 0.6 is 0 Å². The summed E-state index contributed by atoms with van der Waals surface area (Å²) in [5.41, 5.74) is 1.62. The fourth-order valence-corrected chi connectivity index (χ4v) is 2.76. The summed E-state index contributed by atoms with van der Waals surface area (Å²) in [5, 5.41) is 0. The molecule has 0 N–H and O–H groups in total. The fraction of sp³-hybridized carbons (Fsp3) is 0.550. The van der Waals surface area contributed by atoms with E-state index in [1.54, 1.807) is 4.90 Å². The summed E-state index contributed by atoms with van der Waals surface area (Å²) < 4.78 is 11.4. The van der Waals surface area contributed by atoms with Crippen LogP contribution in [0.25, 0.3) is 5.57 Å². The topological polar surface area (TPSA) is 38.8 Å². The minimum absolute atomic E-state index is 0.213. The van der Waals surface area contributed by atoms with Crippen LogP contribution in [0.4, 0.5) is 4.79 Å². The average molecular weight is 331 g/mol. The number of allylic oxidation sites excluding steroid dienone is 1. The van der Waals surface area contributed by atoms with Gasteiger partial charge in [-0.05, 0) is 58.1 Å². The molecule has 0 aliphatic carbocycles. The van der Waals surface area contributed by atoms with E-state index in [2.05, 4.69) is 6.58 Å². The molecule has 1 saturated heterocycles. The zero-order valence-electron chi connectivity index (χ0n) is 15.3. The van der Waals surface area contributed by atoms with Crippen molar-refractivity contribution in [3.63, 3.8) is 0 Å². The maximum atomic E-state index is 12.1. The van der Waals surface area contributed by atoms with Gasteiger partial charge in [0.05, 0.1) is 6.61 Å². The molecule has 4 heteroatoms. The van der Waals surface area contributed by atoms with Crippen molar-refractivity contribution in [1.82, 2.24) is 4.90 Å². The van der Waals surface area contributed by atoms with E-state index in [9.17, 15) is 4.79 Å². The van der Waals surface area contributed by atoms with E-state index in [0.717, 1.165) is 42.8 Å². The molecule has 4 nitrogen and oxygen atoms in total. The summed E-state index contributed by atoms with van der Waals surface area (Å²) in [6.07, 6.45) is 1.66. The SMILES string of the molecule is C=C(C)c1ccccc1OCC1CCN(C(=O)OC(C)(C)C)CC1. The van der Waals surface area contributed by atoms with Gasteiger partial charge in [-0.25, -0.2) is 4.79 Å². The molecule has 0 atom stereocenters. The van der Waals surface area contributed by atoms with E-state index < -0.39 is 5.60 Å². The lowest BCUT2D eigenvalue weighted by atomic mass is 9.98. The molecule has 0 saturated carbocycles. The van der Waals surface area contributed by atoms with Crippen molar-refractivity contribution >= 4 is 11.7 Å². The van der Waals surface area contributed by atoms with E-state index in [4.69, 9.17) is 9.47 Å². The second kappa shape index (κ2) is 7.73. The lowest BCUT2D eigenvalue weighted by Gasteiger charge is -2.33. The van der Waals surface area contributed by atoms with Gasteiger partial charge >= 0.3 is 6.09 Å². The van der Waals surface area contributed by atoms with E-state index >= 15 is 0 Å². The third-order valence-corrected chi connectivity index (χ3v) is 4.09. The van der Waals surface area contributed by atoms with Crippen LogP contribution in [0.3, 0.4) is 0 Å². The molecule has 0 aromatic heterocycles. The standard InChI is InChI=1S/C20H29NO3/c1-15(2)17-8-6-7-9-18(17)23-14-16-10-12-21(13-11-16)19(22)24-20(3,4)5/h6-9,16H,1,10-14H2,2-5H3. The van der Waals surface area contributed by atoms with Gasteiger partial charge in [0.15, 0.2) is 0 Å². The first-order valence-electron chi connectivity index (χ1n) is 8.62. The largest absolute Gasteiger partial charge is 0.493 e. The number of nitrogens with zero attached hydrogens (tertiary/aromatic N) is 1. The van der Waals surface area contributed by atoms with Crippen LogP contribution < -0.4 is 4.74 Å². The van der Waals surface area contributed by atoms with Crippen molar-refractivity contribution in [1.29, 1.82) is 0 Å². The molecular formula is C20H29NO3. The quantitative estimate of drug-likeness (QED) is 0.799. The summed E-state index contributed by atoms with van der Waals surface area (Å²) in [6.45, 7) is 13.8. The number of likely N-dealkylation sites (tertiary alicyclic amines) is 1. The van der Waals surface area contributed by atoms with Crippen LogP contribution in [-0.2, 0) is 4.74 Å². The van der Waals surface area contributed by atoms with Gasteiger partial charge in [0.1, 0.15) is 11.4 Å². The highest BCUT2D eigenvalue weighted by atomic mass is 16.6. The Hall–Kier alpha value is -1.97. The van der Waals surface area contributed by atoms with E-state index in [-0.39, 0.29) is 6.09 Å². The number of carbonyl (C=O) groups excluding carboxylic acids is 1. The second-order valence-corrected chi connectivity index (χ2v) is 7.50. The zero-order valence-corrected chi connectivity index (χ0v) is 15.3. The maximum Gasteiger partial charge on any atom is 0.410 e. The number of hydrogen-bond acceptors (Lipinski definition) is 3. The Labute approximate surface area is 145 Å². The monoisotopic (exact) mass is 331 g/mol. The van der Waals surface area contributed by atoms with Gasteiger partial charge in [-0.1, -0.05) is 24.8 Å². The molecule has 0 spiro atoms. The number of hydrogen-bond donors (Lipinski definition) is 0. The zero-order chi connectivity index (χ0) is 17.7. The van der Waals surface area contributed by atoms with Crippen LogP contribution in [0, 0.1) is 5.92 Å². The predicted molar refractivity (Wildman–Crippen MR) is 97.2 cm³/mol. The molecule has 132 valence electrons. The van der Waals surface area contributed by atoms with Crippen LogP contribution in [0.1, 0.15) is 46.1 Å². The number of ether oxygens (including phenoxy) is 2. The first kappa shape index (κ1) is 18.4. The molecule has 0 radical (unpaired) electrons. The third-order valence-electron chi connectivity index (χ3n) is 4.09. The van der Waals surface area contributed by atoms with Crippen LogP contribution in [0.2, 0.25) is 0 Å². The number of para-hydroxylation sites is 1. The van der Waals surface area contributed by atoms with Gasteiger partial charge in [-0.15, -0.1) is 0 Å². The Balaban J connectivity index is 1.82.